The maximum Gasteiger partial charge on any atom is 0.324 e. The molecule has 1 atom stereocenters. The largest absolute Gasteiger partial charge is 0.504 e. The van der Waals surface area contributed by atoms with E-state index in [9.17, 15) is 15.0 Å². The van der Waals surface area contributed by atoms with Crippen molar-refractivity contribution >= 4 is 5.97 Å². The van der Waals surface area contributed by atoms with Gasteiger partial charge in [-0.3, -0.25) is 9.69 Å². The van der Waals surface area contributed by atoms with Crippen molar-refractivity contribution in [2.75, 3.05) is 13.7 Å². The van der Waals surface area contributed by atoms with Crippen LogP contribution in [0.4, 0.5) is 0 Å². The van der Waals surface area contributed by atoms with Gasteiger partial charge in [0.25, 0.3) is 0 Å². The van der Waals surface area contributed by atoms with Gasteiger partial charge in [0.05, 0.1) is 7.11 Å². The number of ether oxygens (including phenoxy) is 1. The Labute approximate surface area is 118 Å². The van der Waals surface area contributed by atoms with Crippen molar-refractivity contribution in [3.05, 3.63) is 23.8 Å². The minimum atomic E-state index is -0.759. The molecular formula is C15H21NO4. The fourth-order valence-electron chi connectivity index (χ4n) is 3.00. The van der Waals surface area contributed by atoms with Crippen LogP contribution in [0.15, 0.2) is 18.2 Å². The fraction of sp³-hybridized carbons (Fsp3) is 0.533. The highest BCUT2D eigenvalue weighted by Crippen LogP contribution is 2.35. The van der Waals surface area contributed by atoms with E-state index in [0.29, 0.717) is 25.1 Å². The van der Waals surface area contributed by atoms with Gasteiger partial charge in [-0.25, -0.2) is 0 Å². The Morgan fingerprint density at radius 3 is 2.85 bits per heavy atom. The molecule has 0 spiro atoms. The van der Waals surface area contributed by atoms with Crippen LogP contribution in [0.3, 0.4) is 0 Å². The Hall–Kier alpha value is -1.75. The second-order valence-corrected chi connectivity index (χ2v) is 5.22. The molecule has 0 aliphatic carbocycles. The molecule has 2 rings (SSSR count). The molecule has 0 amide bonds. The molecule has 1 aromatic carbocycles. The summed E-state index contributed by atoms with van der Waals surface area (Å²) in [5.74, 6) is -0.236. The van der Waals surface area contributed by atoms with E-state index >= 15 is 0 Å². The Bertz CT molecular complexity index is 503. The molecule has 110 valence electrons. The number of rotatable bonds is 5. The van der Waals surface area contributed by atoms with Crippen molar-refractivity contribution in [3.8, 4) is 11.5 Å². The van der Waals surface area contributed by atoms with Crippen molar-refractivity contribution in [1.82, 2.24) is 4.90 Å². The summed E-state index contributed by atoms with van der Waals surface area (Å²) in [5.41, 5.74) is 0.186. The molecule has 1 fully saturated rings. The number of aliphatic carboxylic acids is 1. The van der Waals surface area contributed by atoms with Gasteiger partial charge in [0.1, 0.15) is 5.54 Å². The number of carbonyl (C=O) groups is 1. The maximum absolute atomic E-state index is 11.6. The summed E-state index contributed by atoms with van der Waals surface area (Å²) in [7, 11) is 1.50. The molecular weight excluding hydrogens is 258 g/mol. The average molecular weight is 279 g/mol. The summed E-state index contributed by atoms with van der Waals surface area (Å²) in [6, 6.07) is 5.15. The molecule has 1 unspecified atom stereocenters. The van der Waals surface area contributed by atoms with Crippen LogP contribution in [-0.2, 0) is 11.3 Å². The summed E-state index contributed by atoms with van der Waals surface area (Å²) in [6.45, 7) is 3.25. The number of carboxylic acid groups (broad SMARTS) is 1. The number of aromatic hydroxyl groups is 1. The van der Waals surface area contributed by atoms with E-state index in [2.05, 4.69) is 0 Å². The number of carboxylic acids is 1. The molecule has 20 heavy (non-hydrogen) atoms. The number of methoxy groups -OCH3 is 1. The number of phenolic OH excluding ortho intramolecular Hbond substituents is 1. The summed E-state index contributed by atoms with van der Waals surface area (Å²) in [4.78, 5) is 13.6. The highest BCUT2D eigenvalue weighted by Gasteiger charge is 2.45. The van der Waals surface area contributed by atoms with E-state index in [1.54, 1.807) is 18.2 Å². The Morgan fingerprint density at radius 2 is 2.25 bits per heavy atom. The van der Waals surface area contributed by atoms with E-state index in [1.807, 2.05) is 11.8 Å². The number of phenols is 1. The molecule has 1 aromatic rings. The number of hydrogen-bond acceptors (Lipinski definition) is 4. The van der Waals surface area contributed by atoms with E-state index < -0.39 is 11.5 Å². The van der Waals surface area contributed by atoms with Gasteiger partial charge in [-0.1, -0.05) is 13.0 Å². The molecule has 2 N–H and O–H groups in total. The van der Waals surface area contributed by atoms with Crippen LogP contribution in [0.25, 0.3) is 0 Å². The van der Waals surface area contributed by atoms with Gasteiger partial charge in [-0.2, -0.15) is 0 Å². The lowest BCUT2D eigenvalue weighted by atomic mass is 9.92. The third-order valence-electron chi connectivity index (χ3n) is 4.22. The Balaban J connectivity index is 2.22. The predicted octanol–water partition coefficient (Wildman–Crippen LogP) is 2.23. The first kappa shape index (κ1) is 14.7. The van der Waals surface area contributed by atoms with Gasteiger partial charge in [0, 0.05) is 6.54 Å². The highest BCUT2D eigenvalue weighted by atomic mass is 16.5. The minimum Gasteiger partial charge on any atom is -0.504 e. The molecule has 5 nitrogen and oxygen atoms in total. The highest BCUT2D eigenvalue weighted by molar-refractivity contribution is 5.79. The first-order valence-electron chi connectivity index (χ1n) is 6.88. The molecule has 1 aliphatic rings. The van der Waals surface area contributed by atoms with Gasteiger partial charge in [0.2, 0.25) is 0 Å². The second kappa shape index (κ2) is 5.71. The molecule has 1 aliphatic heterocycles. The molecule has 0 aromatic heterocycles. The van der Waals surface area contributed by atoms with Gasteiger partial charge >= 0.3 is 5.97 Å². The number of benzene rings is 1. The zero-order chi connectivity index (χ0) is 14.8. The van der Waals surface area contributed by atoms with E-state index in [0.717, 1.165) is 18.5 Å². The van der Waals surface area contributed by atoms with Gasteiger partial charge in [-0.05, 0) is 43.5 Å². The summed E-state index contributed by atoms with van der Waals surface area (Å²) < 4.78 is 5.09. The summed E-state index contributed by atoms with van der Waals surface area (Å²) in [6.07, 6.45) is 2.18. The monoisotopic (exact) mass is 279 g/mol. The van der Waals surface area contributed by atoms with Crippen molar-refractivity contribution in [3.63, 3.8) is 0 Å². The summed E-state index contributed by atoms with van der Waals surface area (Å²) >= 11 is 0. The van der Waals surface area contributed by atoms with Crippen LogP contribution in [0.1, 0.15) is 31.7 Å². The zero-order valence-corrected chi connectivity index (χ0v) is 11.9. The lowest BCUT2D eigenvalue weighted by molar-refractivity contribution is -0.150. The first-order valence-corrected chi connectivity index (χ1v) is 6.88. The second-order valence-electron chi connectivity index (χ2n) is 5.22. The van der Waals surface area contributed by atoms with Crippen molar-refractivity contribution in [2.45, 2.75) is 38.3 Å². The van der Waals surface area contributed by atoms with E-state index in [4.69, 9.17) is 4.74 Å². The van der Waals surface area contributed by atoms with Crippen LogP contribution in [0, 0.1) is 0 Å². The third kappa shape index (κ3) is 2.45. The third-order valence-corrected chi connectivity index (χ3v) is 4.22. The lowest BCUT2D eigenvalue weighted by Gasteiger charge is -2.34. The van der Waals surface area contributed by atoms with Crippen LogP contribution < -0.4 is 4.74 Å². The lowest BCUT2D eigenvalue weighted by Crippen LogP contribution is -2.49. The Kier molecular flexibility index (Phi) is 4.18. The van der Waals surface area contributed by atoms with Crippen molar-refractivity contribution in [2.24, 2.45) is 0 Å². The fourth-order valence-corrected chi connectivity index (χ4v) is 3.00. The van der Waals surface area contributed by atoms with Crippen LogP contribution >= 0.6 is 0 Å². The number of hydrogen-bond donors (Lipinski definition) is 2. The van der Waals surface area contributed by atoms with Crippen LogP contribution in [-0.4, -0.2) is 40.3 Å². The number of likely N-dealkylation sites (tertiary alicyclic amines) is 1. The molecule has 0 radical (unpaired) electrons. The molecule has 1 saturated heterocycles. The zero-order valence-electron chi connectivity index (χ0n) is 11.9. The molecule has 0 bridgehead atoms. The average Bonchev–Trinajstić information content (AvgIpc) is 2.85. The quantitative estimate of drug-likeness (QED) is 0.865. The van der Waals surface area contributed by atoms with Crippen molar-refractivity contribution < 1.29 is 19.7 Å². The standard InChI is InChI=1S/C15H21NO4/c1-3-15(14(18)19)7-4-8-16(15)10-11-5-6-12(17)13(9-11)20-2/h5-6,9,17H,3-4,7-8,10H2,1-2H3,(H,18,19). The normalized spacial score (nSPS) is 22.9. The van der Waals surface area contributed by atoms with Gasteiger partial charge in [0.15, 0.2) is 11.5 Å². The van der Waals surface area contributed by atoms with Crippen LogP contribution in [0.5, 0.6) is 11.5 Å². The minimum absolute atomic E-state index is 0.0951. The van der Waals surface area contributed by atoms with E-state index in [-0.39, 0.29) is 5.75 Å². The summed E-state index contributed by atoms with van der Waals surface area (Å²) in [5, 5.41) is 19.2. The number of nitrogens with zero attached hydrogens (tertiary/aromatic N) is 1. The molecule has 0 saturated carbocycles. The van der Waals surface area contributed by atoms with Gasteiger partial charge < -0.3 is 14.9 Å². The first-order chi connectivity index (χ1) is 9.53. The SMILES string of the molecule is CCC1(C(=O)O)CCCN1Cc1ccc(O)c(OC)c1. The smallest absolute Gasteiger partial charge is 0.324 e. The van der Waals surface area contributed by atoms with Gasteiger partial charge in [-0.15, -0.1) is 0 Å². The predicted molar refractivity (Wildman–Crippen MR) is 75.0 cm³/mol. The Morgan fingerprint density at radius 1 is 1.50 bits per heavy atom. The topological polar surface area (TPSA) is 70.0 Å². The maximum atomic E-state index is 11.6. The van der Waals surface area contributed by atoms with Crippen molar-refractivity contribution in [1.29, 1.82) is 0 Å². The van der Waals surface area contributed by atoms with Crippen LogP contribution in [0.2, 0.25) is 0 Å². The molecule has 5 heteroatoms. The van der Waals surface area contributed by atoms with E-state index in [1.165, 1.54) is 7.11 Å². The molecule has 1 heterocycles.